The van der Waals surface area contributed by atoms with E-state index in [2.05, 4.69) is 10.3 Å². The van der Waals surface area contributed by atoms with Crippen LogP contribution in [-0.4, -0.2) is 16.6 Å². The summed E-state index contributed by atoms with van der Waals surface area (Å²) in [6.07, 6.45) is 3.18. The first-order chi connectivity index (χ1) is 6.16. The second kappa shape index (κ2) is 4.18. The molecule has 0 saturated heterocycles. The van der Waals surface area contributed by atoms with Gasteiger partial charge in [-0.15, -0.1) is 0 Å². The minimum absolute atomic E-state index is 0.0411. The Morgan fingerprint density at radius 1 is 1.62 bits per heavy atom. The number of hydrogen-bond acceptors (Lipinski definition) is 3. The van der Waals surface area contributed by atoms with Crippen molar-refractivity contribution in [3.8, 4) is 0 Å². The fraction of sp³-hybridized carbons (Fsp3) is 0.556. The molecular weight excluding hydrogens is 166 g/mol. The lowest BCUT2D eigenvalue weighted by Crippen LogP contribution is -2.27. The molecule has 1 rings (SSSR count). The molecule has 0 spiro atoms. The second-order valence-electron chi connectivity index (χ2n) is 3.26. The Morgan fingerprint density at radius 3 is 2.85 bits per heavy atom. The fourth-order valence-electron chi connectivity index (χ4n) is 1.15. The first-order valence-corrected chi connectivity index (χ1v) is 4.36. The minimum atomic E-state index is 0.0411. The van der Waals surface area contributed by atoms with Crippen LogP contribution in [-0.2, 0) is 6.54 Å². The van der Waals surface area contributed by atoms with Crippen LogP contribution in [0.3, 0.4) is 0 Å². The Kier molecular flexibility index (Phi) is 3.19. The quantitative estimate of drug-likeness (QED) is 0.740. The predicted molar refractivity (Wildman–Crippen MR) is 51.6 cm³/mol. The highest BCUT2D eigenvalue weighted by Gasteiger charge is 2.04. The highest BCUT2D eigenvalue weighted by Crippen LogP contribution is 1.98. The van der Waals surface area contributed by atoms with Gasteiger partial charge in [-0.25, -0.2) is 4.98 Å². The maximum atomic E-state index is 11.7. The van der Waals surface area contributed by atoms with Gasteiger partial charge < -0.3 is 5.32 Å². The van der Waals surface area contributed by atoms with Gasteiger partial charge in [0.25, 0.3) is 5.56 Å². The Balaban J connectivity index is 3.11. The van der Waals surface area contributed by atoms with Gasteiger partial charge in [0.2, 0.25) is 0 Å². The lowest BCUT2D eigenvalue weighted by atomic mass is 10.3. The molecule has 4 heteroatoms. The summed E-state index contributed by atoms with van der Waals surface area (Å²) < 4.78 is 1.63. The number of nitrogens with zero attached hydrogens (tertiary/aromatic N) is 2. The van der Waals surface area contributed by atoms with Crippen LogP contribution >= 0.6 is 0 Å². The highest BCUT2D eigenvalue weighted by molar-refractivity contribution is 5.04. The summed E-state index contributed by atoms with van der Waals surface area (Å²) in [4.78, 5) is 15.7. The van der Waals surface area contributed by atoms with Gasteiger partial charge in [0.1, 0.15) is 0 Å². The van der Waals surface area contributed by atoms with Crippen molar-refractivity contribution in [3.63, 3.8) is 0 Å². The van der Waals surface area contributed by atoms with Crippen LogP contribution in [0.5, 0.6) is 0 Å². The smallest absolute Gasteiger partial charge is 0.258 e. The summed E-state index contributed by atoms with van der Waals surface area (Å²) in [6.45, 7) is 4.50. The van der Waals surface area contributed by atoms with Crippen molar-refractivity contribution in [2.75, 3.05) is 7.05 Å². The lowest BCUT2D eigenvalue weighted by molar-refractivity contribution is 0.558. The van der Waals surface area contributed by atoms with Gasteiger partial charge in [0, 0.05) is 24.3 Å². The molecule has 0 atom stereocenters. The third kappa shape index (κ3) is 2.15. The van der Waals surface area contributed by atoms with Crippen LogP contribution in [0.1, 0.15) is 25.5 Å². The van der Waals surface area contributed by atoms with Crippen LogP contribution in [0.2, 0.25) is 0 Å². The van der Waals surface area contributed by atoms with Gasteiger partial charge in [-0.05, 0) is 20.9 Å². The highest BCUT2D eigenvalue weighted by atomic mass is 16.1. The SMILES string of the molecule is CNCc1cncn(C(C)C)c1=O. The van der Waals surface area contributed by atoms with Crippen molar-refractivity contribution >= 4 is 0 Å². The van der Waals surface area contributed by atoms with Crippen molar-refractivity contribution in [1.82, 2.24) is 14.9 Å². The molecule has 72 valence electrons. The molecule has 1 aromatic heterocycles. The molecule has 13 heavy (non-hydrogen) atoms. The van der Waals surface area contributed by atoms with Gasteiger partial charge in [-0.3, -0.25) is 9.36 Å². The Morgan fingerprint density at radius 2 is 2.31 bits per heavy atom. The third-order valence-corrected chi connectivity index (χ3v) is 1.85. The van der Waals surface area contributed by atoms with E-state index in [1.807, 2.05) is 20.9 Å². The zero-order valence-electron chi connectivity index (χ0n) is 8.24. The normalized spacial score (nSPS) is 10.8. The molecule has 0 fully saturated rings. The summed E-state index contributed by atoms with van der Waals surface area (Å²) in [7, 11) is 1.81. The molecule has 0 bridgehead atoms. The van der Waals surface area contributed by atoms with E-state index in [1.54, 1.807) is 17.1 Å². The topological polar surface area (TPSA) is 46.9 Å². The molecule has 0 aliphatic rings. The predicted octanol–water partition coefficient (Wildman–Crippen LogP) is 0.544. The molecule has 1 N–H and O–H groups in total. The summed E-state index contributed by atoms with van der Waals surface area (Å²) in [6, 6.07) is 0.164. The summed E-state index contributed by atoms with van der Waals surface area (Å²) in [5.41, 5.74) is 0.748. The Hall–Kier alpha value is -1.16. The zero-order chi connectivity index (χ0) is 9.84. The van der Waals surface area contributed by atoms with E-state index in [9.17, 15) is 4.79 Å². The third-order valence-electron chi connectivity index (χ3n) is 1.85. The van der Waals surface area contributed by atoms with Gasteiger partial charge in [-0.1, -0.05) is 0 Å². The van der Waals surface area contributed by atoms with Gasteiger partial charge in [0.15, 0.2) is 0 Å². The first-order valence-electron chi connectivity index (χ1n) is 4.36. The van der Waals surface area contributed by atoms with Crippen LogP contribution in [0.25, 0.3) is 0 Å². The molecule has 0 aromatic carbocycles. The van der Waals surface area contributed by atoms with Crippen molar-refractivity contribution in [1.29, 1.82) is 0 Å². The summed E-state index contributed by atoms with van der Waals surface area (Å²) in [5.74, 6) is 0. The molecule has 0 amide bonds. The first kappa shape index (κ1) is 9.92. The molecule has 0 radical (unpaired) electrons. The average Bonchev–Trinajstić information content (AvgIpc) is 2.08. The van der Waals surface area contributed by atoms with Crippen molar-refractivity contribution in [3.05, 3.63) is 28.4 Å². The molecular formula is C9H15N3O. The number of hydrogen-bond donors (Lipinski definition) is 1. The second-order valence-corrected chi connectivity index (χ2v) is 3.26. The van der Waals surface area contributed by atoms with Gasteiger partial charge in [0.05, 0.1) is 6.33 Å². The van der Waals surface area contributed by atoms with Crippen LogP contribution < -0.4 is 10.9 Å². The summed E-state index contributed by atoms with van der Waals surface area (Å²) in [5, 5.41) is 2.94. The fourth-order valence-corrected chi connectivity index (χ4v) is 1.15. The molecule has 0 saturated carbocycles. The van der Waals surface area contributed by atoms with E-state index in [0.717, 1.165) is 0 Å². The summed E-state index contributed by atoms with van der Waals surface area (Å²) >= 11 is 0. The standard InChI is InChI=1S/C9H15N3O/c1-7(2)12-6-11-5-8(4-10-3)9(12)13/h5-7,10H,4H2,1-3H3. The largest absolute Gasteiger partial charge is 0.315 e. The molecule has 0 aliphatic heterocycles. The van der Waals surface area contributed by atoms with Crippen LogP contribution in [0.15, 0.2) is 17.3 Å². The van der Waals surface area contributed by atoms with E-state index < -0.39 is 0 Å². The van der Waals surface area contributed by atoms with E-state index in [1.165, 1.54) is 0 Å². The number of rotatable bonds is 3. The molecule has 1 heterocycles. The molecule has 0 unspecified atom stereocenters. The van der Waals surface area contributed by atoms with Crippen molar-refractivity contribution in [2.24, 2.45) is 0 Å². The van der Waals surface area contributed by atoms with E-state index in [0.29, 0.717) is 12.1 Å². The minimum Gasteiger partial charge on any atom is -0.315 e. The van der Waals surface area contributed by atoms with E-state index >= 15 is 0 Å². The molecule has 4 nitrogen and oxygen atoms in total. The van der Waals surface area contributed by atoms with Crippen LogP contribution in [0, 0.1) is 0 Å². The van der Waals surface area contributed by atoms with E-state index in [-0.39, 0.29) is 11.6 Å². The number of nitrogens with one attached hydrogen (secondary N) is 1. The zero-order valence-corrected chi connectivity index (χ0v) is 8.24. The Labute approximate surface area is 77.6 Å². The average molecular weight is 181 g/mol. The monoisotopic (exact) mass is 181 g/mol. The molecule has 0 aliphatic carbocycles. The van der Waals surface area contributed by atoms with Gasteiger partial charge in [-0.2, -0.15) is 0 Å². The maximum absolute atomic E-state index is 11.7. The van der Waals surface area contributed by atoms with Crippen molar-refractivity contribution < 1.29 is 0 Å². The molecule has 1 aromatic rings. The van der Waals surface area contributed by atoms with E-state index in [4.69, 9.17) is 0 Å². The lowest BCUT2D eigenvalue weighted by Gasteiger charge is -2.09. The van der Waals surface area contributed by atoms with Crippen LogP contribution in [0.4, 0.5) is 0 Å². The maximum Gasteiger partial charge on any atom is 0.258 e. The Bertz CT molecular complexity index is 330. The van der Waals surface area contributed by atoms with Gasteiger partial charge >= 0.3 is 0 Å². The number of aromatic nitrogens is 2. The van der Waals surface area contributed by atoms with Crippen molar-refractivity contribution in [2.45, 2.75) is 26.4 Å².